The van der Waals surface area contributed by atoms with Gasteiger partial charge in [0.1, 0.15) is 6.61 Å². The van der Waals surface area contributed by atoms with E-state index in [1.54, 1.807) is 0 Å². The Morgan fingerprint density at radius 3 is 2.59 bits per heavy atom. The third kappa shape index (κ3) is 3.84. The number of aliphatic hydroxyl groups is 2. The van der Waals surface area contributed by atoms with Crippen LogP contribution < -0.4 is 0 Å². The van der Waals surface area contributed by atoms with Crippen molar-refractivity contribution in [3.8, 4) is 0 Å². The van der Waals surface area contributed by atoms with Crippen LogP contribution in [-0.2, 0) is 25.8 Å². The predicted octanol–water partition coefficient (Wildman–Crippen LogP) is 1.49. The average Bonchev–Trinajstić information content (AvgIpc) is 3.40. The SMILES string of the molecule is O=C1[C@H]2[C@@H]3[C@@H](O)[C@H](O)CC(=NOCc4ccccc4)[C@H]3CC[C@H]2C(=O)N1C[C@@H]1CCCO1. The van der Waals surface area contributed by atoms with E-state index in [2.05, 4.69) is 5.16 Å². The number of carbonyl (C=O) groups is 2. The molecule has 172 valence electrons. The molecule has 4 aliphatic rings. The van der Waals surface area contributed by atoms with E-state index in [9.17, 15) is 19.8 Å². The van der Waals surface area contributed by atoms with E-state index in [1.165, 1.54) is 4.90 Å². The molecule has 1 aromatic carbocycles. The van der Waals surface area contributed by atoms with E-state index in [4.69, 9.17) is 9.57 Å². The molecule has 2 heterocycles. The van der Waals surface area contributed by atoms with Gasteiger partial charge in [-0.15, -0.1) is 0 Å². The molecule has 0 radical (unpaired) electrons. The molecule has 0 aromatic heterocycles. The van der Waals surface area contributed by atoms with Crippen LogP contribution in [0.15, 0.2) is 35.5 Å². The summed E-state index contributed by atoms with van der Waals surface area (Å²) in [6.45, 7) is 1.24. The number of likely N-dealkylation sites (tertiary alicyclic amines) is 1. The average molecular weight is 443 g/mol. The summed E-state index contributed by atoms with van der Waals surface area (Å²) in [5.41, 5.74) is 1.65. The molecule has 7 atom stereocenters. The maximum Gasteiger partial charge on any atom is 0.233 e. The highest BCUT2D eigenvalue weighted by Gasteiger charge is 2.59. The maximum absolute atomic E-state index is 13.3. The molecule has 0 spiro atoms. The Kier molecular flexibility index (Phi) is 6.01. The van der Waals surface area contributed by atoms with Crippen molar-refractivity contribution in [3.63, 3.8) is 0 Å². The molecular formula is C24H30N2O6. The lowest BCUT2D eigenvalue weighted by Gasteiger charge is -2.45. The number of carbonyl (C=O) groups excluding carboxylic acids is 2. The minimum absolute atomic E-state index is 0.107. The second-order valence-corrected chi connectivity index (χ2v) is 9.42. The van der Waals surface area contributed by atoms with Crippen molar-refractivity contribution in [1.29, 1.82) is 0 Å². The largest absolute Gasteiger partial charge is 0.391 e. The lowest BCUT2D eigenvalue weighted by molar-refractivity contribution is -0.143. The van der Waals surface area contributed by atoms with Crippen molar-refractivity contribution < 1.29 is 29.4 Å². The van der Waals surface area contributed by atoms with Gasteiger partial charge in [0.25, 0.3) is 0 Å². The standard InChI is InChI=1S/C24H30N2O6/c27-19-11-18(25-32-13-14-5-2-1-3-6-14)16-8-9-17-21(20(16)22(19)28)24(30)26(23(17)29)12-15-7-4-10-31-15/h1-3,5-6,15-17,19-22,27-28H,4,7-13H2/t15-,16+,17+,19+,20+,21+,22-/m0/s1. The molecule has 2 amide bonds. The summed E-state index contributed by atoms with van der Waals surface area (Å²) in [7, 11) is 0. The van der Waals surface area contributed by atoms with Crippen molar-refractivity contribution in [2.24, 2.45) is 28.8 Å². The molecule has 2 saturated carbocycles. The summed E-state index contributed by atoms with van der Waals surface area (Å²) in [6, 6.07) is 9.67. The van der Waals surface area contributed by atoms with Gasteiger partial charge < -0.3 is 19.8 Å². The summed E-state index contributed by atoms with van der Waals surface area (Å²) in [6.07, 6.45) is 0.973. The second kappa shape index (κ2) is 8.92. The predicted molar refractivity (Wildman–Crippen MR) is 114 cm³/mol. The van der Waals surface area contributed by atoms with Crippen LogP contribution in [0, 0.1) is 23.7 Å². The Hall–Kier alpha value is -2.29. The van der Waals surface area contributed by atoms with E-state index >= 15 is 0 Å². The zero-order valence-electron chi connectivity index (χ0n) is 18.0. The molecular weight excluding hydrogens is 412 g/mol. The van der Waals surface area contributed by atoms with Gasteiger partial charge in [-0.3, -0.25) is 14.5 Å². The maximum atomic E-state index is 13.3. The van der Waals surface area contributed by atoms with Crippen LogP contribution in [0.25, 0.3) is 0 Å². The number of imide groups is 1. The van der Waals surface area contributed by atoms with Gasteiger partial charge in [-0.1, -0.05) is 35.5 Å². The van der Waals surface area contributed by atoms with Gasteiger partial charge in [0, 0.05) is 24.9 Å². The summed E-state index contributed by atoms with van der Waals surface area (Å²) in [5, 5.41) is 25.7. The first-order valence-electron chi connectivity index (χ1n) is 11.6. The fourth-order valence-corrected chi connectivity index (χ4v) is 5.98. The molecule has 8 heteroatoms. The van der Waals surface area contributed by atoms with Crippen LogP contribution in [0.2, 0.25) is 0 Å². The number of ether oxygens (including phenoxy) is 1. The molecule has 1 aromatic rings. The van der Waals surface area contributed by atoms with Gasteiger partial charge in [0.05, 0.1) is 42.4 Å². The fourth-order valence-electron chi connectivity index (χ4n) is 5.98. The van der Waals surface area contributed by atoms with E-state index in [1.807, 2.05) is 30.3 Å². The highest BCUT2D eigenvalue weighted by atomic mass is 16.6. The molecule has 2 N–H and O–H groups in total. The Balaban J connectivity index is 1.35. The van der Waals surface area contributed by atoms with Gasteiger partial charge in [-0.25, -0.2) is 0 Å². The van der Waals surface area contributed by atoms with Crippen molar-refractivity contribution in [1.82, 2.24) is 4.90 Å². The molecule has 2 saturated heterocycles. The normalized spacial score (nSPS) is 38.1. The Morgan fingerprint density at radius 2 is 1.84 bits per heavy atom. The van der Waals surface area contributed by atoms with Crippen LogP contribution >= 0.6 is 0 Å². The van der Waals surface area contributed by atoms with Crippen molar-refractivity contribution in [3.05, 3.63) is 35.9 Å². The number of hydrogen-bond donors (Lipinski definition) is 2. The topological polar surface area (TPSA) is 109 Å². The zero-order chi connectivity index (χ0) is 22.2. The van der Waals surface area contributed by atoms with E-state index in [0.29, 0.717) is 31.8 Å². The minimum atomic E-state index is -1.07. The first kappa shape index (κ1) is 21.6. The number of benzene rings is 1. The summed E-state index contributed by atoms with van der Waals surface area (Å²) < 4.78 is 5.64. The fraction of sp³-hybridized carbons (Fsp3) is 0.625. The van der Waals surface area contributed by atoms with Gasteiger partial charge in [0.2, 0.25) is 11.8 Å². The van der Waals surface area contributed by atoms with Crippen LogP contribution in [0.3, 0.4) is 0 Å². The van der Waals surface area contributed by atoms with Gasteiger partial charge in [-0.05, 0) is 31.2 Å². The highest BCUT2D eigenvalue weighted by molar-refractivity contribution is 6.06. The number of fused-ring (bicyclic) bond motifs is 3. The number of oxime groups is 1. The third-order valence-corrected chi connectivity index (χ3v) is 7.54. The van der Waals surface area contributed by atoms with E-state index in [0.717, 1.165) is 18.4 Å². The molecule has 0 bridgehead atoms. The first-order chi connectivity index (χ1) is 15.5. The third-order valence-electron chi connectivity index (χ3n) is 7.54. The molecule has 0 unspecified atom stereocenters. The number of nitrogens with zero attached hydrogens (tertiary/aromatic N) is 2. The van der Waals surface area contributed by atoms with Crippen molar-refractivity contribution >= 4 is 17.5 Å². The number of rotatable bonds is 5. The van der Waals surface area contributed by atoms with E-state index < -0.39 is 30.0 Å². The molecule has 2 aliphatic carbocycles. The Labute approximate surface area is 187 Å². The zero-order valence-corrected chi connectivity index (χ0v) is 18.0. The molecule has 5 rings (SSSR count). The summed E-state index contributed by atoms with van der Waals surface area (Å²) in [5.74, 6) is -2.22. The van der Waals surface area contributed by atoms with Crippen molar-refractivity contribution in [2.45, 2.75) is 57.0 Å². The minimum Gasteiger partial charge on any atom is -0.391 e. The van der Waals surface area contributed by atoms with E-state index in [-0.39, 0.29) is 36.8 Å². The van der Waals surface area contributed by atoms with Gasteiger partial charge >= 0.3 is 0 Å². The summed E-state index contributed by atoms with van der Waals surface area (Å²) >= 11 is 0. The van der Waals surface area contributed by atoms with Crippen LogP contribution in [0.4, 0.5) is 0 Å². The Morgan fingerprint density at radius 1 is 1.06 bits per heavy atom. The summed E-state index contributed by atoms with van der Waals surface area (Å²) in [4.78, 5) is 33.3. The number of hydrogen-bond acceptors (Lipinski definition) is 7. The monoisotopic (exact) mass is 442 g/mol. The van der Waals surface area contributed by atoms with Gasteiger partial charge in [-0.2, -0.15) is 0 Å². The smallest absolute Gasteiger partial charge is 0.233 e. The number of amides is 2. The van der Waals surface area contributed by atoms with Crippen LogP contribution in [-0.4, -0.2) is 64.1 Å². The van der Waals surface area contributed by atoms with Gasteiger partial charge in [0.15, 0.2) is 0 Å². The van der Waals surface area contributed by atoms with Crippen molar-refractivity contribution in [2.75, 3.05) is 13.2 Å². The molecule has 2 aliphatic heterocycles. The highest BCUT2D eigenvalue weighted by Crippen LogP contribution is 2.49. The first-order valence-corrected chi connectivity index (χ1v) is 11.6. The lowest BCUT2D eigenvalue weighted by atomic mass is 9.60. The quantitative estimate of drug-likeness (QED) is 0.528. The molecule has 8 nitrogen and oxygen atoms in total. The lowest BCUT2D eigenvalue weighted by Crippen LogP contribution is -2.54. The van der Waals surface area contributed by atoms with Crippen LogP contribution in [0.5, 0.6) is 0 Å². The molecule has 4 fully saturated rings. The second-order valence-electron chi connectivity index (χ2n) is 9.42. The van der Waals surface area contributed by atoms with Crippen LogP contribution in [0.1, 0.15) is 37.7 Å². The number of aliphatic hydroxyl groups excluding tert-OH is 2. The molecule has 32 heavy (non-hydrogen) atoms. The Bertz CT molecular complexity index is 884.